The molecule has 0 bridgehead atoms. The van der Waals surface area contributed by atoms with Gasteiger partial charge in [0.25, 0.3) is 5.92 Å². The molecule has 1 aliphatic rings. The highest BCUT2D eigenvalue weighted by atomic mass is 19.3. The van der Waals surface area contributed by atoms with E-state index in [4.69, 9.17) is 19.9 Å². The van der Waals surface area contributed by atoms with Gasteiger partial charge >= 0.3 is 0 Å². The van der Waals surface area contributed by atoms with E-state index in [0.717, 1.165) is 25.3 Å². The minimum atomic E-state index is -3.02. The quantitative estimate of drug-likeness (QED) is 0.226. The summed E-state index contributed by atoms with van der Waals surface area (Å²) in [6.07, 6.45) is 2.80. The number of ether oxygens (including phenoxy) is 3. The summed E-state index contributed by atoms with van der Waals surface area (Å²) in [6.45, 7) is 11.1. The molecule has 4 N–H and O–H groups in total. The van der Waals surface area contributed by atoms with Crippen molar-refractivity contribution in [3.63, 3.8) is 0 Å². The van der Waals surface area contributed by atoms with Gasteiger partial charge in [-0.1, -0.05) is 33.8 Å². The van der Waals surface area contributed by atoms with Crippen LogP contribution in [0.2, 0.25) is 0 Å². The molecule has 1 aromatic carbocycles. The predicted octanol–water partition coefficient (Wildman–Crippen LogP) is 5.06. The van der Waals surface area contributed by atoms with Crippen LogP contribution in [0, 0.1) is 23.7 Å². The molecule has 0 spiro atoms. The third-order valence-electron chi connectivity index (χ3n) is 7.98. The zero-order chi connectivity index (χ0) is 29.9. The predicted molar refractivity (Wildman–Crippen MR) is 154 cm³/mol. The number of carbonyl (C=O) groups excluding carboxylic acids is 1. The summed E-state index contributed by atoms with van der Waals surface area (Å²) < 4.78 is 44.6. The monoisotopic (exact) mass is 570 g/mol. The fraction of sp³-hybridized carbons (Fsp3) is 0.774. The maximum Gasteiger partial charge on any atom is 0.274 e. The summed E-state index contributed by atoms with van der Waals surface area (Å²) in [4.78, 5) is 13.0. The first-order chi connectivity index (χ1) is 18.8. The second-order valence-electron chi connectivity index (χ2n) is 12.1. The van der Waals surface area contributed by atoms with Crippen LogP contribution in [0.15, 0.2) is 18.2 Å². The standard InChI is InChI=1S/C31H52F2N2O5/c1-20(2)23(16-22-8-9-26(31(5,32)33)29(17-22)40-13-7-12-38-6)18-27(34)28(36)19-25(21(3)4)30(37)35-24-10-14-39-15-11-24/h8-9,17,20-21,23-25,27-28,36H,7,10-16,18-19,34H2,1-6H3,(H,35,37). The molecule has 40 heavy (non-hydrogen) atoms. The number of hydrogen-bond donors (Lipinski definition) is 3. The summed E-state index contributed by atoms with van der Waals surface area (Å²) in [5.41, 5.74) is 7.26. The maximum atomic E-state index is 14.2. The molecule has 4 unspecified atom stereocenters. The number of aliphatic hydroxyl groups is 1. The smallest absolute Gasteiger partial charge is 0.274 e. The molecule has 9 heteroatoms. The fourth-order valence-electron chi connectivity index (χ4n) is 5.23. The van der Waals surface area contributed by atoms with E-state index in [1.54, 1.807) is 19.2 Å². The number of hydrogen-bond acceptors (Lipinski definition) is 6. The van der Waals surface area contributed by atoms with Crippen LogP contribution in [0.4, 0.5) is 8.78 Å². The lowest BCUT2D eigenvalue weighted by atomic mass is 9.80. The van der Waals surface area contributed by atoms with E-state index in [9.17, 15) is 18.7 Å². The number of aliphatic hydroxyl groups excluding tert-OH is 1. The van der Waals surface area contributed by atoms with Gasteiger partial charge in [-0.15, -0.1) is 0 Å². The normalized spacial score (nSPS) is 18.0. The Kier molecular flexibility index (Phi) is 14.3. The molecule has 0 aromatic heterocycles. The topological polar surface area (TPSA) is 103 Å². The Hall–Kier alpha value is -1.81. The Bertz CT molecular complexity index is 887. The van der Waals surface area contributed by atoms with E-state index in [1.807, 2.05) is 13.8 Å². The van der Waals surface area contributed by atoms with Crippen molar-refractivity contribution in [1.29, 1.82) is 0 Å². The highest BCUT2D eigenvalue weighted by Gasteiger charge is 2.32. The van der Waals surface area contributed by atoms with Crippen molar-refractivity contribution >= 4 is 5.91 Å². The van der Waals surface area contributed by atoms with Gasteiger partial charge in [0.2, 0.25) is 5.91 Å². The molecule has 4 atom stereocenters. The SMILES string of the molecule is COCCCOc1cc(CC(CC(N)C(O)CC(C(=O)NC2CCOCC2)C(C)C)C(C)C)ccc1C(C)(F)F. The molecule has 230 valence electrons. The van der Waals surface area contributed by atoms with E-state index >= 15 is 0 Å². The summed E-state index contributed by atoms with van der Waals surface area (Å²) in [5.74, 6) is -2.82. The van der Waals surface area contributed by atoms with Crippen LogP contribution < -0.4 is 15.8 Å². The van der Waals surface area contributed by atoms with Gasteiger partial charge in [0.05, 0.1) is 18.3 Å². The minimum absolute atomic E-state index is 0.0422. The molecule has 1 aromatic rings. The van der Waals surface area contributed by atoms with Crippen molar-refractivity contribution in [1.82, 2.24) is 5.32 Å². The minimum Gasteiger partial charge on any atom is -0.493 e. The van der Waals surface area contributed by atoms with E-state index < -0.39 is 18.1 Å². The largest absolute Gasteiger partial charge is 0.493 e. The average molecular weight is 571 g/mol. The molecule has 1 heterocycles. The number of carbonyl (C=O) groups is 1. The lowest BCUT2D eigenvalue weighted by molar-refractivity contribution is -0.129. The third-order valence-corrected chi connectivity index (χ3v) is 7.98. The van der Waals surface area contributed by atoms with Gasteiger partial charge in [0.15, 0.2) is 0 Å². The number of alkyl halides is 2. The van der Waals surface area contributed by atoms with Crippen LogP contribution in [0.5, 0.6) is 5.75 Å². The van der Waals surface area contributed by atoms with E-state index in [-0.39, 0.29) is 53.5 Å². The molecule has 1 fully saturated rings. The molecule has 1 aliphatic heterocycles. The number of benzene rings is 1. The maximum absolute atomic E-state index is 14.2. The van der Waals surface area contributed by atoms with E-state index in [1.165, 1.54) is 6.07 Å². The summed E-state index contributed by atoms with van der Waals surface area (Å²) in [6, 6.07) is 4.45. The van der Waals surface area contributed by atoms with Crippen LogP contribution in [-0.2, 0) is 26.6 Å². The number of rotatable bonds is 17. The second kappa shape index (κ2) is 16.6. The number of nitrogens with one attached hydrogen (secondary N) is 1. The molecular formula is C31H52F2N2O5. The van der Waals surface area contributed by atoms with Crippen molar-refractivity contribution < 1.29 is 32.9 Å². The molecule has 0 aliphatic carbocycles. The van der Waals surface area contributed by atoms with Crippen molar-refractivity contribution in [2.24, 2.45) is 29.4 Å². The number of methoxy groups -OCH3 is 1. The van der Waals surface area contributed by atoms with Gasteiger partial charge in [-0.2, -0.15) is 0 Å². The van der Waals surface area contributed by atoms with E-state index in [2.05, 4.69) is 19.2 Å². The number of nitrogens with two attached hydrogens (primary N) is 1. The van der Waals surface area contributed by atoms with Crippen molar-refractivity contribution in [3.8, 4) is 5.75 Å². The summed E-state index contributed by atoms with van der Waals surface area (Å²) >= 11 is 0. The number of amides is 1. The van der Waals surface area contributed by atoms with Gasteiger partial charge in [0, 0.05) is 58.3 Å². The van der Waals surface area contributed by atoms with Crippen LogP contribution in [-0.4, -0.2) is 62.7 Å². The Morgan fingerprint density at radius 2 is 1.82 bits per heavy atom. The Morgan fingerprint density at radius 1 is 1.15 bits per heavy atom. The second-order valence-corrected chi connectivity index (χ2v) is 12.1. The van der Waals surface area contributed by atoms with Crippen molar-refractivity contribution in [2.45, 2.75) is 97.3 Å². The molecule has 7 nitrogen and oxygen atoms in total. The molecule has 1 saturated heterocycles. The van der Waals surface area contributed by atoms with Gasteiger partial charge in [-0.05, 0) is 67.6 Å². The molecule has 0 saturated carbocycles. The lowest BCUT2D eigenvalue weighted by Gasteiger charge is -2.31. The highest BCUT2D eigenvalue weighted by Crippen LogP contribution is 2.36. The van der Waals surface area contributed by atoms with Crippen LogP contribution in [0.25, 0.3) is 0 Å². The average Bonchev–Trinajstić information content (AvgIpc) is 2.88. The third kappa shape index (κ3) is 11.2. The first-order valence-electron chi connectivity index (χ1n) is 14.8. The first kappa shape index (κ1) is 34.4. The van der Waals surface area contributed by atoms with Crippen molar-refractivity contribution in [3.05, 3.63) is 29.3 Å². The molecule has 0 radical (unpaired) electrons. The molecule has 2 rings (SSSR count). The Labute approximate surface area is 239 Å². The lowest BCUT2D eigenvalue weighted by Crippen LogP contribution is -2.46. The molecular weight excluding hydrogens is 518 g/mol. The van der Waals surface area contributed by atoms with E-state index in [0.29, 0.717) is 45.5 Å². The van der Waals surface area contributed by atoms with Crippen molar-refractivity contribution in [2.75, 3.05) is 33.5 Å². The zero-order valence-corrected chi connectivity index (χ0v) is 25.3. The highest BCUT2D eigenvalue weighted by molar-refractivity contribution is 5.79. The van der Waals surface area contributed by atoms with Gasteiger partial charge in [-0.3, -0.25) is 4.79 Å². The fourth-order valence-corrected chi connectivity index (χ4v) is 5.23. The Balaban J connectivity index is 2.07. The number of halogens is 2. The molecule has 1 amide bonds. The van der Waals surface area contributed by atoms with Crippen LogP contribution >= 0.6 is 0 Å². The van der Waals surface area contributed by atoms with Gasteiger partial charge in [-0.25, -0.2) is 8.78 Å². The van der Waals surface area contributed by atoms with Crippen LogP contribution in [0.1, 0.15) is 77.8 Å². The van der Waals surface area contributed by atoms with Gasteiger partial charge < -0.3 is 30.4 Å². The Morgan fingerprint density at radius 3 is 2.40 bits per heavy atom. The summed E-state index contributed by atoms with van der Waals surface area (Å²) in [7, 11) is 1.59. The van der Waals surface area contributed by atoms with Gasteiger partial charge in [0.1, 0.15) is 5.75 Å². The summed E-state index contributed by atoms with van der Waals surface area (Å²) in [5, 5.41) is 14.2. The zero-order valence-electron chi connectivity index (χ0n) is 25.3. The first-order valence-corrected chi connectivity index (χ1v) is 14.8. The van der Waals surface area contributed by atoms with Crippen LogP contribution in [0.3, 0.4) is 0 Å².